The molecule has 0 aromatic heterocycles. The van der Waals surface area contributed by atoms with Crippen molar-refractivity contribution in [2.45, 2.75) is 26.2 Å². The van der Waals surface area contributed by atoms with E-state index in [1.165, 1.54) is 11.1 Å². The van der Waals surface area contributed by atoms with Gasteiger partial charge in [0.15, 0.2) is 0 Å². The molecule has 3 heteroatoms. The number of hydrogen-bond donors (Lipinski definition) is 0. The van der Waals surface area contributed by atoms with Crippen LogP contribution in [-0.4, -0.2) is 30.5 Å². The zero-order valence-corrected chi connectivity index (χ0v) is 17.1. The van der Waals surface area contributed by atoms with Gasteiger partial charge in [0.2, 0.25) is 0 Å². The van der Waals surface area contributed by atoms with Crippen LogP contribution >= 0.6 is 0 Å². The highest BCUT2D eigenvalue weighted by molar-refractivity contribution is 5.90. The van der Waals surface area contributed by atoms with Crippen LogP contribution in [0.1, 0.15) is 34.8 Å². The Kier molecular flexibility index (Phi) is 8.02. The molecule has 3 nitrogen and oxygen atoms in total. The zero-order valence-electron chi connectivity index (χ0n) is 17.1. The van der Waals surface area contributed by atoms with Crippen LogP contribution in [0.4, 0.5) is 0 Å². The Morgan fingerprint density at radius 1 is 0.759 bits per heavy atom. The highest BCUT2D eigenvalue weighted by Crippen LogP contribution is 2.16. The quantitative estimate of drug-likeness (QED) is 0.344. The topological polar surface area (TPSA) is 29.5 Å². The fourth-order valence-electron chi connectivity index (χ4n) is 3.38. The van der Waals surface area contributed by atoms with Crippen LogP contribution in [-0.2, 0) is 12.8 Å². The Balaban J connectivity index is 1.54. The van der Waals surface area contributed by atoms with E-state index in [4.69, 9.17) is 4.74 Å². The molecule has 0 spiro atoms. The minimum Gasteiger partial charge on any atom is -0.423 e. The van der Waals surface area contributed by atoms with Crippen molar-refractivity contribution in [2.24, 2.45) is 0 Å². The van der Waals surface area contributed by atoms with E-state index in [0.29, 0.717) is 11.3 Å². The lowest BCUT2D eigenvalue weighted by Gasteiger charge is -2.22. The van der Waals surface area contributed by atoms with E-state index in [1.807, 2.05) is 36.4 Å². The third kappa shape index (κ3) is 6.88. The van der Waals surface area contributed by atoms with Crippen molar-refractivity contribution in [3.05, 3.63) is 102 Å². The van der Waals surface area contributed by atoms with Gasteiger partial charge in [-0.2, -0.15) is 0 Å². The summed E-state index contributed by atoms with van der Waals surface area (Å²) in [4.78, 5) is 14.8. The van der Waals surface area contributed by atoms with Crippen LogP contribution in [0.15, 0.2) is 84.9 Å². The minimum atomic E-state index is -0.321. The molecular weight excluding hydrogens is 358 g/mol. The summed E-state index contributed by atoms with van der Waals surface area (Å²) < 4.78 is 5.55. The second kappa shape index (κ2) is 11.2. The molecule has 150 valence electrons. The molecule has 0 saturated heterocycles. The van der Waals surface area contributed by atoms with E-state index in [1.54, 1.807) is 12.1 Å². The second-order valence-corrected chi connectivity index (χ2v) is 7.23. The van der Waals surface area contributed by atoms with E-state index in [9.17, 15) is 4.79 Å². The molecule has 0 heterocycles. The molecule has 3 rings (SSSR count). The molecule has 0 aliphatic heterocycles. The van der Waals surface area contributed by atoms with Gasteiger partial charge in [0.05, 0.1) is 5.56 Å². The van der Waals surface area contributed by atoms with Gasteiger partial charge in [0.1, 0.15) is 5.75 Å². The number of rotatable bonds is 10. The fraction of sp³-hybridized carbons (Fsp3) is 0.269. The minimum absolute atomic E-state index is 0.321. The highest BCUT2D eigenvalue weighted by Gasteiger charge is 2.09. The Morgan fingerprint density at radius 2 is 1.38 bits per heavy atom. The normalized spacial score (nSPS) is 10.8. The van der Waals surface area contributed by atoms with Gasteiger partial charge >= 0.3 is 5.97 Å². The van der Waals surface area contributed by atoms with Crippen molar-refractivity contribution in [3.8, 4) is 5.75 Å². The third-order valence-electron chi connectivity index (χ3n) is 4.93. The Hall–Kier alpha value is -2.91. The molecular formula is C26H29NO2. The summed E-state index contributed by atoms with van der Waals surface area (Å²) in [6, 6.07) is 27.6. The van der Waals surface area contributed by atoms with Crippen molar-refractivity contribution in [1.29, 1.82) is 0 Å². The summed E-state index contributed by atoms with van der Waals surface area (Å²) in [7, 11) is 0. The van der Waals surface area contributed by atoms with Crippen LogP contribution in [0.3, 0.4) is 0 Å². The number of carbonyl (C=O) groups excluding carboxylic acids is 1. The van der Waals surface area contributed by atoms with Crippen LogP contribution in [0.25, 0.3) is 0 Å². The number of nitrogens with zero attached hydrogens (tertiary/aromatic N) is 1. The Labute approximate surface area is 174 Å². The maximum atomic E-state index is 12.3. The lowest BCUT2D eigenvalue weighted by molar-refractivity contribution is 0.0734. The van der Waals surface area contributed by atoms with Gasteiger partial charge in [0.25, 0.3) is 0 Å². The molecule has 3 aromatic rings. The van der Waals surface area contributed by atoms with Crippen molar-refractivity contribution < 1.29 is 9.53 Å². The van der Waals surface area contributed by atoms with E-state index in [-0.39, 0.29) is 5.97 Å². The number of esters is 1. The standard InChI is InChI=1S/C26H29NO2/c1-2-18-27(19-16-22-10-5-3-6-11-22)20-17-23-12-9-15-25(21-23)29-26(28)24-13-7-4-8-14-24/h3-15,21H,2,16-20H2,1H3. The summed E-state index contributed by atoms with van der Waals surface area (Å²) in [6.45, 7) is 5.37. The fourth-order valence-corrected chi connectivity index (χ4v) is 3.38. The molecule has 0 aliphatic rings. The van der Waals surface area contributed by atoms with Gasteiger partial charge in [-0.1, -0.05) is 67.6 Å². The molecule has 0 saturated carbocycles. The molecule has 0 radical (unpaired) electrons. The van der Waals surface area contributed by atoms with Crippen LogP contribution in [0.2, 0.25) is 0 Å². The lowest BCUT2D eigenvalue weighted by Crippen LogP contribution is -2.29. The molecule has 0 bridgehead atoms. The summed E-state index contributed by atoms with van der Waals surface area (Å²) in [5, 5.41) is 0. The number of hydrogen-bond acceptors (Lipinski definition) is 3. The van der Waals surface area contributed by atoms with E-state index >= 15 is 0 Å². The first-order valence-corrected chi connectivity index (χ1v) is 10.4. The van der Waals surface area contributed by atoms with E-state index in [2.05, 4.69) is 48.2 Å². The predicted octanol–water partition coefficient (Wildman–Crippen LogP) is 5.40. The third-order valence-corrected chi connectivity index (χ3v) is 4.93. The first-order chi connectivity index (χ1) is 14.2. The summed E-state index contributed by atoms with van der Waals surface area (Å²) in [6.07, 6.45) is 3.14. The maximum Gasteiger partial charge on any atom is 0.343 e. The van der Waals surface area contributed by atoms with Gasteiger partial charge in [-0.15, -0.1) is 0 Å². The summed E-state index contributed by atoms with van der Waals surface area (Å²) in [5.41, 5.74) is 3.13. The average Bonchev–Trinajstić information content (AvgIpc) is 2.77. The van der Waals surface area contributed by atoms with Crippen molar-refractivity contribution in [2.75, 3.05) is 19.6 Å². The largest absolute Gasteiger partial charge is 0.423 e. The first kappa shape index (κ1) is 20.8. The Morgan fingerprint density at radius 3 is 2.07 bits per heavy atom. The molecule has 0 unspecified atom stereocenters. The van der Waals surface area contributed by atoms with Gasteiger partial charge in [-0.25, -0.2) is 4.79 Å². The number of carbonyl (C=O) groups is 1. The van der Waals surface area contributed by atoms with Crippen molar-refractivity contribution >= 4 is 5.97 Å². The average molecular weight is 388 g/mol. The number of ether oxygens (including phenoxy) is 1. The molecule has 29 heavy (non-hydrogen) atoms. The van der Waals surface area contributed by atoms with Gasteiger partial charge in [-0.05, 0) is 61.2 Å². The van der Waals surface area contributed by atoms with Crippen LogP contribution in [0.5, 0.6) is 5.75 Å². The van der Waals surface area contributed by atoms with Gasteiger partial charge < -0.3 is 9.64 Å². The molecule has 3 aromatic carbocycles. The Bertz CT molecular complexity index is 877. The molecule has 0 aliphatic carbocycles. The lowest BCUT2D eigenvalue weighted by atomic mass is 10.1. The van der Waals surface area contributed by atoms with Crippen LogP contribution in [0, 0.1) is 0 Å². The first-order valence-electron chi connectivity index (χ1n) is 10.4. The highest BCUT2D eigenvalue weighted by atomic mass is 16.5. The number of benzene rings is 3. The van der Waals surface area contributed by atoms with E-state index < -0.39 is 0 Å². The molecule has 0 N–H and O–H groups in total. The van der Waals surface area contributed by atoms with Gasteiger partial charge in [0, 0.05) is 13.1 Å². The summed E-state index contributed by atoms with van der Waals surface area (Å²) in [5.74, 6) is 0.279. The van der Waals surface area contributed by atoms with Crippen molar-refractivity contribution in [3.63, 3.8) is 0 Å². The van der Waals surface area contributed by atoms with Crippen LogP contribution < -0.4 is 4.74 Å². The predicted molar refractivity (Wildman–Crippen MR) is 118 cm³/mol. The monoisotopic (exact) mass is 387 g/mol. The SMILES string of the molecule is CCCN(CCc1ccccc1)CCc1cccc(OC(=O)c2ccccc2)c1. The van der Waals surface area contributed by atoms with Gasteiger partial charge in [-0.3, -0.25) is 0 Å². The maximum absolute atomic E-state index is 12.3. The smallest absolute Gasteiger partial charge is 0.343 e. The molecule has 0 amide bonds. The van der Waals surface area contributed by atoms with E-state index in [0.717, 1.165) is 38.9 Å². The summed E-state index contributed by atoms with van der Waals surface area (Å²) >= 11 is 0. The van der Waals surface area contributed by atoms with Crippen molar-refractivity contribution in [1.82, 2.24) is 4.90 Å². The molecule has 0 atom stereocenters. The second-order valence-electron chi connectivity index (χ2n) is 7.23. The molecule has 0 fully saturated rings. The zero-order chi connectivity index (χ0) is 20.3.